The van der Waals surface area contributed by atoms with Crippen molar-refractivity contribution in [2.24, 2.45) is 0 Å². The Bertz CT molecular complexity index is 3520. The van der Waals surface area contributed by atoms with Gasteiger partial charge in [-0.15, -0.1) is 22.7 Å². The van der Waals surface area contributed by atoms with Crippen molar-refractivity contribution in [3.05, 3.63) is 168 Å². The lowest BCUT2D eigenvalue weighted by atomic mass is 10.1. The van der Waals surface area contributed by atoms with Crippen molar-refractivity contribution >= 4 is 81.6 Å². The SMILES string of the molecule is CCCc1cccc(OC2CCN(S(=O)(=O)c3ccc(CNC(=O)c4cccc([N+](=O)[O-])c4)s3)CC2)c1.O=C(NCc1ccc(S(=O)(=O)N2CCC(Nc3cccc(S(=O)(=O)N4CCOCC4)c3)CC2)s1)c1cccc([N+](=O)[O-])c1. The maximum Gasteiger partial charge on any atom is 0.270 e. The highest BCUT2D eigenvalue weighted by Gasteiger charge is 2.33. The minimum Gasteiger partial charge on any atom is -0.490 e. The minimum absolute atomic E-state index is 0.0317. The Morgan fingerprint density at radius 1 is 0.613 bits per heavy atom. The standard InChI is InChI=1S/C27H31N5O8S3.C26H29N3O6S2/c33-27(20-3-1-5-23(17-20)32(34)35)28-19-24-7-8-26(41-24)43(38,39)30-11-9-21(10-12-30)29-22-4-2-6-25(18-22)42(36,37)31-13-15-40-16-14-31;1-2-5-19-6-3-9-23(16-19)35-22-12-14-28(15-13-22)37(33,34)25-11-10-24(36-25)18-27-26(30)20-7-4-8-21(17-20)29(31)32/h1-8,17-18,21,29H,9-16,19H2,(H,28,33);3-4,6-11,16-17,22H,2,5,12-15,18H2,1H3,(H,27,30). The van der Waals surface area contributed by atoms with E-state index in [1.807, 2.05) is 12.1 Å². The van der Waals surface area contributed by atoms with Crippen LogP contribution < -0.4 is 20.7 Å². The van der Waals surface area contributed by atoms with Crippen LogP contribution in [0.5, 0.6) is 5.75 Å². The van der Waals surface area contributed by atoms with Crippen molar-refractivity contribution < 1.29 is 54.2 Å². The average molecular weight is 1190 g/mol. The number of nitro groups is 2. The van der Waals surface area contributed by atoms with E-state index >= 15 is 0 Å². The number of rotatable bonds is 20. The molecule has 27 heteroatoms. The first-order chi connectivity index (χ1) is 38.3. The number of morpholine rings is 1. The number of hydrogen-bond donors (Lipinski definition) is 3. The number of anilines is 1. The van der Waals surface area contributed by atoms with Crippen LogP contribution in [0.25, 0.3) is 0 Å². The van der Waals surface area contributed by atoms with Gasteiger partial charge in [-0.2, -0.15) is 12.9 Å². The molecule has 3 N–H and O–H groups in total. The molecule has 2 aromatic heterocycles. The predicted octanol–water partition coefficient (Wildman–Crippen LogP) is 7.64. The first-order valence-electron chi connectivity index (χ1n) is 25.7. The zero-order valence-electron chi connectivity index (χ0n) is 43.5. The Morgan fingerprint density at radius 2 is 1.11 bits per heavy atom. The lowest BCUT2D eigenvalue weighted by Gasteiger charge is -2.32. The predicted molar refractivity (Wildman–Crippen MR) is 301 cm³/mol. The molecule has 2 amide bonds. The number of hydrogen-bond acceptors (Lipinski definition) is 17. The summed E-state index contributed by atoms with van der Waals surface area (Å²) in [5.41, 5.74) is 1.83. The number of aryl methyl sites for hydroxylation is 1. The van der Waals surface area contributed by atoms with E-state index in [4.69, 9.17) is 9.47 Å². The van der Waals surface area contributed by atoms with Gasteiger partial charge in [0.25, 0.3) is 43.2 Å². The van der Waals surface area contributed by atoms with Gasteiger partial charge < -0.3 is 25.4 Å². The van der Waals surface area contributed by atoms with Crippen LogP contribution in [-0.4, -0.2) is 124 Å². The number of non-ortho nitro benzene ring substituents is 2. The number of carbonyl (C=O) groups is 2. The number of nitrogens with one attached hydrogen (secondary N) is 3. The molecule has 0 bridgehead atoms. The first kappa shape index (κ1) is 59.4. The van der Waals surface area contributed by atoms with Crippen LogP contribution in [-0.2, 0) is 54.3 Å². The summed E-state index contributed by atoms with van der Waals surface area (Å²) in [5, 5.41) is 30.6. The largest absolute Gasteiger partial charge is 0.490 e. The Kier molecular flexibility index (Phi) is 19.8. The highest BCUT2D eigenvalue weighted by molar-refractivity contribution is 7.91. The molecule has 0 aliphatic carbocycles. The number of benzene rings is 4. The summed E-state index contributed by atoms with van der Waals surface area (Å²) in [7, 11) is -11.0. The summed E-state index contributed by atoms with van der Waals surface area (Å²) in [6, 6.07) is 31.9. The molecule has 0 unspecified atom stereocenters. The maximum atomic E-state index is 13.3. The summed E-state index contributed by atoms with van der Waals surface area (Å²) in [6.45, 7) is 5.03. The number of ether oxygens (including phenoxy) is 2. The molecule has 0 saturated carbocycles. The van der Waals surface area contributed by atoms with E-state index in [0.717, 1.165) is 41.3 Å². The molecule has 6 aromatic rings. The highest BCUT2D eigenvalue weighted by Crippen LogP contribution is 2.31. The molecule has 5 heterocycles. The van der Waals surface area contributed by atoms with Gasteiger partial charge in [-0.25, -0.2) is 25.3 Å². The van der Waals surface area contributed by atoms with Gasteiger partial charge in [0.05, 0.1) is 41.0 Å². The molecular formula is C53H60N8O14S5. The second-order valence-electron chi connectivity index (χ2n) is 18.9. The maximum absolute atomic E-state index is 13.3. The zero-order valence-corrected chi connectivity index (χ0v) is 47.6. The summed E-state index contributed by atoms with van der Waals surface area (Å²) >= 11 is 2.17. The summed E-state index contributed by atoms with van der Waals surface area (Å²) in [4.78, 5) is 47.1. The fraction of sp³-hybridized carbons (Fsp3) is 0.358. The molecule has 9 rings (SSSR count). The van der Waals surface area contributed by atoms with Gasteiger partial charge in [0.15, 0.2) is 0 Å². The van der Waals surface area contributed by atoms with Gasteiger partial charge in [0.1, 0.15) is 20.3 Å². The molecule has 22 nitrogen and oxygen atoms in total. The smallest absolute Gasteiger partial charge is 0.270 e. The average Bonchev–Trinajstić information content (AvgIpc) is 4.21. The van der Waals surface area contributed by atoms with Gasteiger partial charge in [-0.3, -0.25) is 29.8 Å². The van der Waals surface area contributed by atoms with Crippen LogP contribution in [0, 0.1) is 20.2 Å². The van der Waals surface area contributed by atoms with Crippen LogP contribution in [0.4, 0.5) is 17.1 Å². The molecule has 4 aromatic carbocycles. The topological polar surface area (TPSA) is 287 Å². The number of amides is 2. The Labute approximate surface area is 472 Å². The third-order valence-electron chi connectivity index (χ3n) is 13.4. The number of nitrogens with zero attached hydrogens (tertiary/aromatic N) is 5. The molecule has 3 aliphatic rings. The van der Waals surface area contributed by atoms with Crippen molar-refractivity contribution in [3.63, 3.8) is 0 Å². The van der Waals surface area contributed by atoms with Crippen molar-refractivity contribution in [2.45, 2.75) is 84.0 Å². The number of piperidine rings is 2. The van der Waals surface area contributed by atoms with E-state index in [9.17, 15) is 55.1 Å². The van der Waals surface area contributed by atoms with Crippen LogP contribution in [0.1, 0.15) is 75.1 Å². The molecular weight excluding hydrogens is 1130 g/mol. The van der Waals surface area contributed by atoms with Crippen LogP contribution in [0.15, 0.2) is 135 Å². The molecule has 3 aliphatic heterocycles. The Morgan fingerprint density at radius 3 is 1.64 bits per heavy atom. The lowest BCUT2D eigenvalue weighted by molar-refractivity contribution is -0.385. The molecule has 0 atom stereocenters. The number of thiophene rings is 2. The van der Waals surface area contributed by atoms with Crippen LogP contribution in [0.2, 0.25) is 0 Å². The fourth-order valence-corrected chi connectivity index (χ4v) is 16.4. The number of nitro benzene ring substituents is 2. The molecule has 0 radical (unpaired) electrons. The van der Waals surface area contributed by atoms with Crippen molar-refractivity contribution in [3.8, 4) is 5.75 Å². The summed E-state index contributed by atoms with van der Waals surface area (Å²) < 4.78 is 95.2. The molecule has 3 fully saturated rings. The quantitative estimate of drug-likeness (QED) is 0.0489. The monoisotopic (exact) mass is 1190 g/mol. The van der Waals surface area contributed by atoms with Gasteiger partial charge in [0.2, 0.25) is 10.0 Å². The number of carbonyl (C=O) groups excluding carboxylic acids is 2. The van der Waals surface area contributed by atoms with Gasteiger partial charge in [-0.1, -0.05) is 43.7 Å². The Balaban J connectivity index is 0.000000213. The van der Waals surface area contributed by atoms with Gasteiger partial charge in [-0.05, 0) is 104 Å². The van der Waals surface area contributed by atoms with E-state index in [1.54, 1.807) is 42.5 Å². The molecule has 3 saturated heterocycles. The normalized spacial score (nSPS) is 16.2. The van der Waals surface area contributed by atoms with Crippen LogP contribution >= 0.6 is 22.7 Å². The van der Waals surface area contributed by atoms with E-state index in [0.29, 0.717) is 93.6 Å². The Hall–Kier alpha value is -6.69. The van der Waals surface area contributed by atoms with Gasteiger partial charge in [0, 0.05) is 96.1 Å². The van der Waals surface area contributed by atoms with Crippen LogP contribution in [0.3, 0.4) is 0 Å². The second-order valence-corrected chi connectivity index (χ2v) is 27.5. The first-order valence-corrected chi connectivity index (χ1v) is 31.7. The van der Waals surface area contributed by atoms with E-state index in [1.165, 1.54) is 73.1 Å². The minimum atomic E-state index is -3.74. The van der Waals surface area contributed by atoms with E-state index < -0.39 is 51.7 Å². The fourth-order valence-electron chi connectivity index (χ4n) is 9.10. The van der Waals surface area contributed by atoms with Gasteiger partial charge >= 0.3 is 0 Å². The number of sulfonamides is 3. The van der Waals surface area contributed by atoms with Crippen molar-refractivity contribution in [2.75, 3.05) is 57.8 Å². The lowest BCUT2D eigenvalue weighted by Crippen LogP contribution is -2.42. The molecule has 426 valence electrons. The molecule has 0 spiro atoms. The van der Waals surface area contributed by atoms with Crippen molar-refractivity contribution in [1.29, 1.82) is 0 Å². The summed E-state index contributed by atoms with van der Waals surface area (Å²) in [6.07, 6.45) is 4.31. The summed E-state index contributed by atoms with van der Waals surface area (Å²) in [5.74, 6) is -0.147. The third-order valence-corrected chi connectivity index (χ3v) is 22.2. The third kappa shape index (κ3) is 15.2. The van der Waals surface area contributed by atoms with E-state index in [2.05, 4.69) is 35.0 Å². The molecule has 80 heavy (non-hydrogen) atoms. The zero-order chi connectivity index (χ0) is 57.0. The second kappa shape index (κ2) is 26.7. The highest BCUT2D eigenvalue weighted by atomic mass is 32.3. The van der Waals surface area contributed by atoms with E-state index in [-0.39, 0.29) is 61.1 Å². The van der Waals surface area contributed by atoms with Crippen molar-refractivity contribution in [1.82, 2.24) is 23.5 Å².